The Morgan fingerprint density at radius 2 is 1.83 bits per heavy atom. The van der Waals surface area contributed by atoms with Gasteiger partial charge in [-0.2, -0.15) is 0 Å². The minimum atomic E-state index is -0.145. The quantitative estimate of drug-likeness (QED) is 0.662. The molecule has 0 spiro atoms. The van der Waals surface area contributed by atoms with Crippen LogP contribution in [0.25, 0.3) is 10.9 Å². The molecular formula is C24H25ClN2O2. The van der Waals surface area contributed by atoms with E-state index in [-0.39, 0.29) is 11.3 Å². The van der Waals surface area contributed by atoms with E-state index >= 15 is 0 Å². The van der Waals surface area contributed by atoms with Crippen molar-refractivity contribution in [3.63, 3.8) is 0 Å². The highest BCUT2D eigenvalue weighted by Crippen LogP contribution is 2.35. The van der Waals surface area contributed by atoms with Crippen molar-refractivity contribution in [3.8, 4) is 0 Å². The number of aromatic nitrogens is 1. The van der Waals surface area contributed by atoms with Crippen LogP contribution in [0.2, 0.25) is 5.02 Å². The molecule has 1 aliphatic heterocycles. The molecule has 2 heterocycles. The van der Waals surface area contributed by atoms with E-state index in [0.717, 1.165) is 35.0 Å². The smallest absolute Gasteiger partial charge is 0.253 e. The molecule has 1 saturated heterocycles. The largest absolute Gasteiger partial charge is 0.381 e. The Hall–Kier alpha value is -2.43. The molecule has 1 aromatic heterocycles. The third-order valence-electron chi connectivity index (χ3n) is 5.90. The first kappa shape index (κ1) is 19.9. The molecule has 1 aliphatic rings. The van der Waals surface area contributed by atoms with Crippen LogP contribution in [-0.4, -0.2) is 30.6 Å². The normalized spacial score (nSPS) is 16.0. The number of carbonyl (C=O) groups excluding carboxylic acids is 1. The first-order valence-electron chi connectivity index (χ1n) is 9.97. The molecule has 0 bridgehead atoms. The second kappa shape index (κ2) is 8.13. The highest BCUT2D eigenvalue weighted by molar-refractivity contribution is 6.30. The summed E-state index contributed by atoms with van der Waals surface area (Å²) in [4.78, 5) is 17.7. The van der Waals surface area contributed by atoms with Gasteiger partial charge in [-0.05, 0) is 62.1 Å². The van der Waals surface area contributed by atoms with E-state index in [1.165, 1.54) is 5.56 Å². The fourth-order valence-corrected chi connectivity index (χ4v) is 4.21. The number of rotatable bonds is 4. The molecule has 0 radical (unpaired) electrons. The van der Waals surface area contributed by atoms with Crippen molar-refractivity contribution < 1.29 is 9.53 Å². The minimum Gasteiger partial charge on any atom is -0.381 e. The van der Waals surface area contributed by atoms with Gasteiger partial charge in [0.05, 0.1) is 16.8 Å². The molecule has 0 aliphatic carbocycles. The summed E-state index contributed by atoms with van der Waals surface area (Å²) < 4.78 is 5.59. The Morgan fingerprint density at radius 1 is 1.10 bits per heavy atom. The van der Waals surface area contributed by atoms with Crippen LogP contribution >= 0.6 is 11.6 Å². The van der Waals surface area contributed by atoms with E-state index in [2.05, 4.69) is 22.4 Å². The topological polar surface area (TPSA) is 51.2 Å². The molecule has 1 amide bonds. The lowest BCUT2D eigenvalue weighted by Gasteiger charge is -2.38. The Bertz CT molecular complexity index is 1040. The van der Waals surface area contributed by atoms with E-state index in [9.17, 15) is 4.79 Å². The van der Waals surface area contributed by atoms with Crippen LogP contribution in [0.1, 0.15) is 40.0 Å². The van der Waals surface area contributed by atoms with Gasteiger partial charge in [-0.1, -0.05) is 35.9 Å². The zero-order valence-electron chi connectivity index (χ0n) is 16.8. The fourth-order valence-electron chi connectivity index (χ4n) is 4.08. The summed E-state index contributed by atoms with van der Waals surface area (Å²) in [5.74, 6) is -0.0858. The molecule has 0 saturated carbocycles. The maximum Gasteiger partial charge on any atom is 0.253 e. The fraction of sp³-hybridized carbons (Fsp3) is 0.333. The maximum absolute atomic E-state index is 13.0. The van der Waals surface area contributed by atoms with Crippen LogP contribution in [0.4, 0.5) is 0 Å². The molecule has 4 rings (SSSR count). The Balaban J connectivity index is 1.58. The SMILES string of the molecule is Cc1ccc2cc(C(=O)NCC3(c4ccc(Cl)cc4)CCOCC3)c(C)nc2c1. The Morgan fingerprint density at radius 3 is 2.55 bits per heavy atom. The lowest BCUT2D eigenvalue weighted by Crippen LogP contribution is -2.44. The number of nitrogens with zero attached hydrogens (tertiary/aromatic N) is 1. The highest BCUT2D eigenvalue weighted by atomic mass is 35.5. The van der Waals surface area contributed by atoms with Gasteiger partial charge in [0, 0.05) is 35.6 Å². The summed E-state index contributed by atoms with van der Waals surface area (Å²) in [5, 5.41) is 4.86. The standard InChI is InChI=1S/C24H25ClN2O2/c1-16-3-4-18-14-21(17(2)27-22(18)13-16)23(28)26-15-24(9-11-29-12-10-24)19-5-7-20(25)8-6-19/h3-8,13-14H,9-12,15H2,1-2H3,(H,26,28). The minimum absolute atomic E-state index is 0.0858. The highest BCUT2D eigenvalue weighted by Gasteiger charge is 2.35. The molecule has 2 aromatic carbocycles. The number of amides is 1. The van der Waals surface area contributed by atoms with Gasteiger partial charge in [0.25, 0.3) is 5.91 Å². The number of fused-ring (bicyclic) bond motifs is 1. The van der Waals surface area contributed by atoms with Gasteiger partial charge in [0.15, 0.2) is 0 Å². The summed E-state index contributed by atoms with van der Waals surface area (Å²) in [6, 6.07) is 16.0. The van der Waals surface area contributed by atoms with Crippen LogP contribution < -0.4 is 5.32 Å². The van der Waals surface area contributed by atoms with Gasteiger partial charge in [-0.25, -0.2) is 0 Å². The van der Waals surface area contributed by atoms with Crippen molar-refractivity contribution >= 4 is 28.4 Å². The monoisotopic (exact) mass is 408 g/mol. The zero-order valence-corrected chi connectivity index (χ0v) is 17.6. The summed E-state index contributed by atoms with van der Waals surface area (Å²) in [7, 11) is 0. The second-order valence-corrected chi connectivity index (χ2v) is 8.34. The summed E-state index contributed by atoms with van der Waals surface area (Å²) in [6.45, 7) is 5.87. The van der Waals surface area contributed by atoms with Crippen molar-refractivity contribution in [3.05, 3.63) is 75.9 Å². The van der Waals surface area contributed by atoms with Crippen LogP contribution in [0.3, 0.4) is 0 Å². The molecule has 29 heavy (non-hydrogen) atoms. The van der Waals surface area contributed by atoms with E-state index in [1.54, 1.807) is 0 Å². The van der Waals surface area contributed by atoms with Gasteiger partial charge >= 0.3 is 0 Å². The number of ether oxygens (including phenoxy) is 1. The van der Waals surface area contributed by atoms with Crippen molar-refractivity contribution in [2.45, 2.75) is 32.1 Å². The summed E-state index contributed by atoms with van der Waals surface area (Å²) in [5.41, 5.74) is 4.49. The zero-order chi connectivity index (χ0) is 20.4. The number of pyridine rings is 1. The van der Waals surface area contributed by atoms with Crippen LogP contribution in [0.5, 0.6) is 0 Å². The van der Waals surface area contributed by atoms with Crippen molar-refractivity contribution in [2.24, 2.45) is 0 Å². The average molecular weight is 409 g/mol. The predicted octanol–water partition coefficient (Wildman–Crippen LogP) is 4.98. The lowest BCUT2D eigenvalue weighted by molar-refractivity contribution is 0.0487. The molecule has 1 fully saturated rings. The number of hydrogen-bond donors (Lipinski definition) is 1. The third kappa shape index (κ3) is 4.14. The predicted molar refractivity (Wildman–Crippen MR) is 117 cm³/mol. The van der Waals surface area contributed by atoms with Crippen molar-refractivity contribution in [1.29, 1.82) is 0 Å². The van der Waals surface area contributed by atoms with Crippen molar-refractivity contribution in [1.82, 2.24) is 10.3 Å². The second-order valence-electron chi connectivity index (χ2n) is 7.90. The summed E-state index contributed by atoms with van der Waals surface area (Å²) in [6.07, 6.45) is 1.73. The number of benzene rings is 2. The molecule has 150 valence electrons. The number of aryl methyl sites for hydroxylation is 2. The van der Waals surface area contributed by atoms with Crippen LogP contribution in [-0.2, 0) is 10.2 Å². The molecule has 1 N–H and O–H groups in total. The van der Waals surface area contributed by atoms with Gasteiger partial charge in [-0.3, -0.25) is 9.78 Å². The molecule has 0 atom stereocenters. The van der Waals surface area contributed by atoms with Gasteiger partial charge in [-0.15, -0.1) is 0 Å². The van der Waals surface area contributed by atoms with Crippen molar-refractivity contribution in [2.75, 3.05) is 19.8 Å². The molecule has 3 aromatic rings. The molecule has 5 heteroatoms. The number of nitrogens with one attached hydrogen (secondary N) is 1. The molecule has 0 unspecified atom stereocenters. The van der Waals surface area contributed by atoms with E-state index < -0.39 is 0 Å². The van der Waals surface area contributed by atoms with E-state index in [1.807, 2.05) is 50.2 Å². The van der Waals surface area contributed by atoms with Crippen LogP contribution in [0, 0.1) is 13.8 Å². The number of carbonyl (C=O) groups is 1. The third-order valence-corrected chi connectivity index (χ3v) is 6.15. The first-order chi connectivity index (χ1) is 14.0. The first-order valence-corrected chi connectivity index (χ1v) is 10.3. The van der Waals surface area contributed by atoms with E-state index in [0.29, 0.717) is 30.3 Å². The molecular weight excluding hydrogens is 384 g/mol. The van der Waals surface area contributed by atoms with Gasteiger partial charge < -0.3 is 10.1 Å². The average Bonchev–Trinajstić information content (AvgIpc) is 2.72. The maximum atomic E-state index is 13.0. The lowest BCUT2D eigenvalue weighted by atomic mass is 9.74. The summed E-state index contributed by atoms with van der Waals surface area (Å²) >= 11 is 6.08. The Kier molecular flexibility index (Phi) is 5.57. The van der Waals surface area contributed by atoms with Gasteiger partial charge in [0.1, 0.15) is 0 Å². The molecule has 4 nitrogen and oxygen atoms in total. The number of hydrogen-bond acceptors (Lipinski definition) is 3. The van der Waals surface area contributed by atoms with E-state index in [4.69, 9.17) is 16.3 Å². The Labute approximate surface area is 176 Å². The van der Waals surface area contributed by atoms with Gasteiger partial charge in [0.2, 0.25) is 0 Å². The number of halogens is 1. The van der Waals surface area contributed by atoms with Crippen LogP contribution in [0.15, 0.2) is 48.5 Å².